The van der Waals surface area contributed by atoms with Gasteiger partial charge in [0, 0.05) is 12.1 Å². The Morgan fingerprint density at radius 2 is 2.18 bits per heavy atom. The van der Waals surface area contributed by atoms with Gasteiger partial charge in [-0.05, 0) is 46.7 Å². The van der Waals surface area contributed by atoms with Gasteiger partial charge >= 0.3 is 5.97 Å². The van der Waals surface area contributed by atoms with E-state index in [4.69, 9.17) is 4.74 Å². The molecule has 0 aliphatic carbocycles. The molecule has 100 valence electrons. The van der Waals surface area contributed by atoms with Crippen molar-refractivity contribution in [2.45, 2.75) is 52.1 Å². The second-order valence-electron chi connectivity index (χ2n) is 5.22. The minimum absolute atomic E-state index is 0.128. The molecule has 4 heteroatoms. The zero-order valence-electron chi connectivity index (χ0n) is 11.6. The number of hydrogen-bond acceptors (Lipinski definition) is 4. The van der Waals surface area contributed by atoms with E-state index in [0.717, 1.165) is 19.6 Å². The molecule has 1 fully saturated rings. The Bertz CT molecular complexity index is 254. The monoisotopic (exact) mass is 242 g/mol. The molecular weight excluding hydrogens is 216 g/mol. The Kier molecular flexibility index (Phi) is 5.40. The summed E-state index contributed by atoms with van der Waals surface area (Å²) >= 11 is 0. The summed E-state index contributed by atoms with van der Waals surface area (Å²) in [4.78, 5) is 14.2. The molecule has 17 heavy (non-hydrogen) atoms. The molecule has 0 radical (unpaired) electrons. The number of carbonyl (C=O) groups is 1. The molecule has 1 aliphatic heterocycles. The van der Waals surface area contributed by atoms with E-state index in [-0.39, 0.29) is 17.6 Å². The fourth-order valence-corrected chi connectivity index (χ4v) is 2.43. The minimum atomic E-state index is -0.197. The van der Waals surface area contributed by atoms with Gasteiger partial charge in [-0.25, -0.2) is 0 Å². The summed E-state index contributed by atoms with van der Waals surface area (Å²) in [5, 5.41) is 3.22. The molecule has 4 nitrogen and oxygen atoms in total. The number of likely N-dealkylation sites (N-methyl/N-ethyl adjacent to an activating group) is 1. The van der Waals surface area contributed by atoms with Crippen molar-refractivity contribution in [2.24, 2.45) is 0 Å². The molecule has 1 rings (SSSR count). The van der Waals surface area contributed by atoms with E-state index < -0.39 is 0 Å². The van der Waals surface area contributed by atoms with E-state index in [1.54, 1.807) is 0 Å². The van der Waals surface area contributed by atoms with Crippen LogP contribution >= 0.6 is 0 Å². The molecule has 0 aromatic rings. The normalized spacial score (nSPS) is 21.4. The lowest BCUT2D eigenvalue weighted by molar-refractivity contribution is -0.146. The second kappa shape index (κ2) is 6.36. The molecular formula is C13H26N2O2. The highest BCUT2D eigenvalue weighted by atomic mass is 16.5. The molecule has 1 N–H and O–H groups in total. The first-order valence-corrected chi connectivity index (χ1v) is 6.66. The van der Waals surface area contributed by atoms with E-state index in [1.807, 2.05) is 13.8 Å². The number of rotatable bonds is 6. The highest BCUT2D eigenvalue weighted by Crippen LogP contribution is 2.28. The van der Waals surface area contributed by atoms with Crippen LogP contribution in [0.1, 0.15) is 40.5 Å². The van der Waals surface area contributed by atoms with Crippen LogP contribution < -0.4 is 5.32 Å². The first-order valence-electron chi connectivity index (χ1n) is 6.66. The van der Waals surface area contributed by atoms with Crippen molar-refractivity contribution in [1.82, 2.24) is 10.2 Å². The van der Waals surface area contributed by atoms with Crippen LogP contribution in [0.2, 0.25) is 0 Å². The van der Waals surface area contributed by atoms with Crippen LogP contribution in [0.25, 0.3) is 0 Å². The number of nitrogens with zero attached hydrogens (tertiary/aromatic N) is 1. The number of esters is 1. The van der Waals surface area contributed by atoms with E-state index >= 15 is 0 Å². The van der Waals surface area contributed by atoms with Crippen molar-refractivity contribution < 1.29 is 9.53 Å². The van der Waals surface area contributed by atoms with Gasteiger partial charge in [0.1, 0.15) is 6.04 Å². The zero-order chi connectivity index (χ0) is 12.9. The van der Waals surface area contributed by atoms with Gasteiger partial charge in [-0.2, -0.15) is 0 Å². The summed E-state index contributed by atoms with van der Waals surface area (Å²) in [6.45, 7) is 11.4. The molecule has 1 saturated heterocycles. The van der Waals surface area contributed by atoms with Gasteiger partial charge in [0.2, 0.25) is 0 Å². The molecule has 0 bridgehead atoms. The van der Waals surface area contributed by atoms with E-state index in [1.165, 1.54) is 12.8 Å². The third kappa shape index (κ3) is 3.96. The van der Waals surface area contributed by atoms with Crippen molar-refractivity contribution in [3.05, 3.63) is 0 Å². The summed E-state index contributed by atoms with van der Waals surface area (Å²) in [6, 6.07) is -0.197. The summed E-state index contributed by atoms with van der Waals surface area (Å²) in [5.41, 5.74) is 0.208. The zero-order valence-corrected chi connectivity index (χ0v) is 11.6. The van der Waals surface area contributed by atoms with Crippen LogP contribution in [0, 0.1) is 0 Å². The highest BCUT2D eigenvalue weighted by Gasteiger charge is 2.34. The smallest absolute Gasteiger partial charge is 0.324 e. The standard InChI is InChI=1S/C13H26N2O2/c1-5-14-11(12(16)17-6-2)10-15-9-7-8-13(15,3)4/h11,14H,5-10H2,1-4H3. The quantitative estimate of drug-likeness (QED) is 0.715. The maximum absolute atomic E-state index is 11.8. The first-order chi connectivity index (χ1) is 8.01. The third-order valence-electron chi connectivity index (χ3n) is 3.50. The van der Waals surface area contributed by atoms with Gasteiger partial charge in [-0.15, -0.1) is 0 Å². The Hall–Kier alpha value is -0.610. The molecule has 1 heterocycles. The predicted octanol–water partition coefficient (Wildman–Crippen LogP) is 1.40. The first kappa shape index (κ1) is 14.5. The maximum Gasteiger partial charge on any atom is 0.324 e. The lowest BCUT2D eigenvalue weighted by atomic mass is 10.0. The second-order valence-corrected chi connectivity index (χ2v) is 5.22. The van der Waals surface area contributed by atoms with Crippen molar-refractivity contribution in [1.29, 1.82) is 0 Å². The molecule has 0 spiro atoms. The van der Waals surface area contributed by atoms with Crippen molar-refractivity contribution >= 4 is 5.97 Å². The molecule has 0 aromatic carbocycles. The van der Waals surface area contributed by atoms with Crippen LogP contribution in [-0.2, 0) is 9.53 Å². The summed E-state index contributed by atoms with van der Waals surface area (Å²) < 4.78 is 5.11. The Labute approximate surface area is 105 Å². The average molecular weight is 242 g/mol. The lowest BCUT2D eigenvalue weighted by Gasteiger charge is -2.34. The van der Waals surface area contributed by atoms with Crippen LogP contribution in [0.3, 0.4) is 0 Å². The van der Waals surface area contributed by atoms with Gasteiger partial charge in [-0.1, -0.05) is 6.92 Å². The fourth-order valence-electron chi connectivity index (χ4n) is 2.43. The van der Waals surface area contributed by atoms with E-state index in [2.05, 4.69) is 24.1 Å². The Balaban J connectivity index is 2.57. The SMILES string of the molecule is CCNC(CN1CCCC1(C)C)C(=O)OCC. The minimum Gasteiger partial charge on any atom is -0.465 e. The Morgan fingerprint density at radius 1 is 1.47 bits per heavy atom. The van der Waals surface area contributed by atoms with Gasteiger partial charge in [0.25, 0.3) is 0 Å². The topological polar surface area (TPSA) is 41.6 Å². The summed E-state index contributed by atoms with van der Waals surface area (Å²) in [6.07, 6.45) is 2.42. The van der Waals surface area contributed by atoms with Crippen LogP contribution in [0.4, 0.5) is 0 Å². The van der Waals surface area contributed by atoms with E-state index in [9.17, 15) is 4.79 Å². The maximum atomic E-state index is 11.8. The Morgan fingerprint density at radius 3 is 2.65 bits per heavy atom. The van der Waals surface area contributed by atoms with Crippen LogP contribution in [0.5, 0.6) is 0 Å². The number of ether oxygens (including phenoxy) is 1. The number of nitrogens with one attached hydrogen (secondary N) is 1. The van der Waals surface area contributed by atoms with Crippen LogP contribution in [0.15, 0.2) is 0 Å². The summed E-state index contributed by atoms with van der Waals surface area (Å²) in [5.74, 6) is -0.128. The fraction of sp³-hybridized carbons (Fsp3) is 0.923. The van der Waals surface area contributed by atoms with Crippen molar-refractivity contribution in [2.75, 3.05) is 26.2 Å². The molecule has 1 atom stereocenters. The number of hydrogen-bond donors (Lipinski definition) is 1. The highest BCUT2D eigenvalue weighted by molar-refractivity contribution is 5.76. The molecule has 1 unspecified atom stereocenters. The lowest BCUT2D eigenvalue weighted by Crippen LogP contribution is -2.50. The average Bonchev–Trinajstić information content (AvgIpc) is 2.58. The number of likely N-dealkylation sites (tertiary alicyclic amines) is 1. The largest absolute Gasteiger partial charge is 0.465 e. The van der Waals surface area contributed by atoms with Gasteiger partial charge in [-0.3, -0.25) is 9.69 Å². The van der Waals surface area contributed by atoms with Gasteiger partial charge in [0.05, 0.1) is 6.61 Å². The summed E-state index contributed by atoms with van der Waals surface area (Å²) in [7, 11) is 0. The van der Waals surface area contributed by atoms with Crippen molar-refractivity contribution in [3.63, 3.8) is 0 Å². The molecule has 1 aliphatic rings. The number of carbonyl (C=O) groups excluding carboxylic acids is 1. The predicted molar refractivity (Wildman–Crippen MR) is 69.0 cm³/mol. The third-order valence-corrected chi connectivity index (χ3v) is 3.50. The molecule has 0 saturated carbocycles. The van der Waals surface area contributed by atoms with Crippen LogP contribution in [-0.4, -0.2) is 48.7 Å². The molecule has 0 aromatic heterocycles. The van der Waals surface area contributed by atoms with Gasteiger partial charge < -0.3 is 10.1 Å². The van der Waals surface area contributed by atoms with Gasteiger partial charge in [0.15, 0.2) is 0 Å². The van der Waals surface area contributed by atoms with Crippen molar-refractivity contribution in [3.8, 4) is 0 Å². The van der Waals surface area contributed by atoms with E-state index in [0.29, 0.717) is 6.61 Å². The molecule has 0 amide bonds.